The molecular weight excluding hydrogens is 344 g/mol. The van der Waals surface area contributed by atoms with Crippen molar-refractivity contribution in [2.24, 2.45) is 0 Å². The lowest BCUT2D eigenvalue weighted by molar-refractivity contribution is 0.762. The molecule has 3 aromatic rings. The van der Waals surface area contributed by atoms with Gasteiger partial charge in [-0.05, 0) is 39.8 Å². The van der Waals surface area contributed by atoms with Crippen molar-refractivity contribution >= 4 is 33.6 Å². The normalized spacial score (nSPS) is 10.7. The Bertz CT molecular complexity index is 715. The van der Waals surface area contributed by atoms with E-state index in [9.17, 15) is 0 Å². The average Bonchev–Trinajstić information content (AvgIpc) is 2.95. The first-order valence-corrected chi connectivity index (χ1v) is 6.97. The van der Waals surface area contributed by atoms with E-state index in [1.54, 1.807) is 6.20 Å². The van der Waals surface area contributed by atoms with Crippen molar-refractivity contribution in [1.82, 2.24) is 34.7 Å². The summed E-state index contributed by atoms with van der Waals surface area (Å²) in [7, 11) is 0. The van der Waals surface area contributed by atoms with Crippen molar-refractivity contribution in [1.29, 1.82) is 0 Å². The van der Waals surface area contributed by atoms with Gasteiger partial charge in [0, 0.05) is 10.7 Å². The summed E-state index contributed by atoms with van der Waals surface area (Å²) in [6, 6.07) is 3.74. The highest BCUT2D eigenvalue weighted by molar-refractivity contribution is 9.10. The van der Waals surface area contributed by atoms with E-state index in [2.05, 4.69) is 45.9 Å². The molecule has 0 atom stereocenters. The van der Waals surface area contributed by atoms with Crippen LogP contribution in [0.15, 0.2) is 45.6 Å². The Labute approximate surface area is 126 Å². The Morgan fingerprint density at radius 3 is 2.80 bits per heavy atom. The maximum Gasteiger partial charge on any atom is 0.257 e. The Morgan fingerprint density at radius 2 is 2.10 bits per heavy atom. The third kappa shape index (κ3) is 2.91. The Kier molecular flexibility index (Phi) is 3.56. The van der Waals surface area contributed by atoms with Gasteiger partial charge in [-0.1, -0.05) is 0 Å². The molecule has 0 radical (unpaired) electrons. The number of anilines is 1. The molecule has 0 aromatic carbocycles. The molecule has 3 aromatic heterocycles. The zero-order valence-corrected chi connectivity index (χ0v) is 12.3. The zero-order valence-electron chi connectivity index (χ0n) is 9.88. The van der Waals surface area contributed by atoms with Gasteiger partial charge in [0.25, 0.3) is 5.95 Å². The molecule has 0 unspecified atom stereocenters. The summed E-state index contributed by atoms with van der Waals surface area (Å²) in [5.74, 6) is 0.430. The van der Waals surface area contributed by atoms with Crippen molar-refractivity contribution in [3.8, 4) is 5.95 Å². The molecule has 20 heavy (non-hydrogen) atoms. The van der Waals surface area contributed by atoms with E-state index in [-0.39, 0.29) is 5.95 Å². The first-order valence-electron chi connectivity index (χ1n) is 5.37. The topological polar surface area (TPSA) is 108 Å². The lowest BCUT2D eigenvalue weighted by Crippen LogP contribution is -2.07. The second-order valence-electron chi connectivity index (χ2n) is 3.53. The van der Waals surface area contributed by atoms with E-state index in [0.717, 1.165) is 9.50 Å². The Hall–Kier alpha value is -2.07. The summed E-state index contributed by atoms with van der Waals surface area (Å²) in [4.78, 5) is 20.4. The lowest BCUT2D eigenvalue weighted by Gasteiger charge is -2.03. The van der Waals surface area contributed by atoms with Crippen LogP contribution in [-0.2, 0) is 0 Å². The van der Waals surface area contributed by atoms with Crippen LogP contribution in [-0.4, -0.2) is 34.7 Å². The fraction of sp³-hybridized carbons (Fsp3) is 0. The van der Waals surface area contributed by atoms with Crippen molar-refractivity contribution in [2.45, 2.75) is 10.2 Å². The highest BCUT2D eigenvalue weighted by Gasteiger charge is 2.09. The van der Waals surface area contributed by atoms with Gasteiger partial charge in [-0.2, -0.15) is 24.7 Å². The van der Waals surface area contributed by atoms with E-state index in [1.165, 1.54) is 29.1 Å². The minimum atomic E-state index is 0.116. The zero-order chi connectivity index (χ0) is 13.9. The third-order valence-electron chi connectivity index (χ3n) is 2.14. The smallest absolute Gasteiger partial charge is 0.257 e. The maximum atomic E-state index is 5.68. The standard InChI is InChI=1S/C10H7BrN8S/c11-6-1-2-7(14-3-6)20-10-17-8(12)16-9(18-10)19-5-13-4-15-19/h1-5H,(H2,12,16,17,18). The highest BCUT2D eigenvalue weighted by atomic mass is 79.9. The van der Waals surface area contributed by atoms with Gasteiger partial charge in [0.05, 0.1) is 0 Å². The van der Waals surface area contributed by atoms with Gasteiger partial charge in [0.15, 0.2) is 0 Å². The molecule has 0 aliphatic heterocycles. The summed E-state index contributed by atoms with van der Waals surface area (Å²) < 4.78 is 2.32. The summed E-state index contributed by atoms with van der Waals surface area (Å²) in [6.45, 7) is 0. The predicted molar refractivity (Wildman–Crippen MR) is 75.2 cm³/mol. The Morgan fingerprint density at radius 1 is 1.20 bits per heavy atom. The van der Waals surface area contributed by atoms with Crippen LogP contribution in [0.5, 0.6) is 0 Å². The van der Waals surface area contributed by atoms with Gasteiger partial charge < -0.3 is 5.73 Å². The number of aromatic nitrogens is 7. The molecule has 0 aliphatic rings. The molecule has 0 amide bonds. The van der Waals surface area contributed by atoms with Gasteiger partial charge in [-0.3, -0.25) is 0 Å². The minimum Gasteiger partial charge on any atom is -0.368 e. The fourth-order valence-electron chi connectivity index (χ4n) is 1.34. The predicted octanol–water partition coefficient (Wildman–Crippen LogP) is 1.34. The van der Waals surface area contributed by atoms with E-state index < -0.39 is 0 Å². The molecule has 10 heteroatoms. The van der Waals surface area contributed by atoms with Crippen LogP contribution in [0, 0.1) is 0 Å². The lowest BCUT2D eigenvalue weighted by atomic mass is 10.5. The maximum absolute atomic E-state index is 5.68. The van der Waals surface area contributed by atoms with Gasteiger partial charge in [0.1, 0.15) is 17.7 Å². The molecule has 8 nitrogen and oxygen atoms in total. The first-order chi connectivity index (χ1) is 9.70. The second-order valence-corrected chi connectivity index (χ2v) is 5.44. The molecule has 0 saturated heterocycles. The molecule has 100 valence electrons. The van der Waals surface area contributed by atoms with E-state index in [0.29, 0.717) is 11.1 Å². The fourth-order valence-corrected chi connectivity index (χ4v) is 2.27. The number of hydrogen-bond acceptors (Lipinski definition) is 8. The monoisotopic (exact) mass is 350 g/mol. The molecule has 2 N–H and O–H groups in total. The largest absolute Gasteiger partial charge is 0.368 e. The van der Waals surface area contributed by atoms with Crippen molar-refractivity contribution in [3.63, 3.8) is 0 Å². The second kappa shape index (κ2) is 5.51. The number of halogens is 1. The van der Waals surface area contributed by atoms with Gasteiger partial charge in [-0.15, -0.1) is 0 Å². The van der Waals surface area contributed by atoms with Crippen molar-refractivity contribution in [3.05, 3.63) is 35.5 Å². The molecule has 0 aliphatic carbocycles. The number of nitrogen functional groups attached to an aromatic ring is 1. The van der Waals surface area contributed by atoms with Crippen LogP contribution in [0.1, 0.15) is 0 Å². The van der Waals surface area contributed by atoms with E-state index in [1.807, 2.05) is 12.1 Å². The third-order valence-corrected chi connectivity index (χ3v) is 3.43. The van der Waals surface area contributed by atoms with Crippen molar-refractivity contribution in [2.75, 3.05) is 5.73 Å². The molecule has 3 heterocycles. The van der Waals surface area contributed by atoms with Crippen LogP contribution in [0.4, 0.5) is 5.95 Å². The van der Waals surface area contributed by atoms with Crippen LogP contribution in [0.3, 0.4) is 0 Å². The number of hydrogen-bond donors (Lipinski definition) is 1. The quantitative estimate of drug-likeness (QED) is 0.753. The number of pyridine rings is 1. The Balaban J connectivity index is 1.92. The van der Waals surface area contributed by atoms with Gasteiger partial charge in [-0.25, -0.2) is 9.97 Å². The first kappa shape index (κ1) is 12.9. The minimum absolute atomic E-state index is 0.116. The van der Waals surface area contributed by atoms with Gasteiger partial charge >= 0.3 is 0 Å². The summed E-state index contributed by atoms with van der Waals surface area (Å²) in [5, 5.41) is 5.15. The van der Waals surface area contributed by atoms with Crippen LogP contribution < -0.4 is 5.73 Å². The summed E-state index contributed by atoms with van der Waals surface area (Å²) >= 11 is 4.61. The van der Waals surface area contributed by atoms with E-state index in [4.69, 9.17) is 5.73 Å². The SMILES string of the molecule is Nc1nc(Sc2ccc(Br)cn2)nc(-n2cncn2)n1. The van der Waals surface area contributed by atoms with Gasteiger partial charge in [0.2, 0.25) is 11.1 Å². The van der Waals surface area contributed by atoms with E-state index >= 15 is 0 Å². The average molecular weight is 351 g/mol. The molecule has 0 spiro atoms. The van der Waals surface area contributed by atoms with Crippen molar-refractivity contribution < 1.29 is 0 Å². The molecule has 0 fully saturated rings. The number of nitrogens with zero attached hydrogens (tertiary/aromatic N) is 7. The summed E-state index contributed by atoms with van der Waals surface area (Å²) in [5.41, 5.74) is 5.68. The molecule has 3 rings (SSSR count). The van der Waals surface area contributed by atoms with Crippen LogP contribution >= 0.6 is 27.7 Å². The molecule has 0 bridgehead atoms. The number of nitrogens with two attached hydrogens (primary N) is 1. The molecular formula is C10H7BrN8S. The number of rotatable bonds is 3. The van der Waals surface area contributed by atoms with Crippen LogP contribution in [0.25, 0.3) is 5.95 Å². The highest BCUT2D eigenvalue weighted by Crippen LogP contribution is 2.24. The molecule has 0 saturated carbocycles. The van der Waals surface area contributed by atoms with Crippen LogP contribution in [0.2, 0.25) is 0 Å². The summed E-state index contributed by atoms with van der Waals surface area (Å²) in [6.07, 6.45) is 4.58.